The molecular formula is C13H27NO2S. The van der Waals surface area contributed by atoms with Crippen LogP contribution in [0.4, 0.5) is 0 Å². The maximum Gasteiger partial charge on any atom is 0.150 e. The molecular weight excluding hydrogens is 234 g/mol. The van der Waals surface area contributed by atoms with Crippen molar-refractivity contribution in [3.63, 3.8) is 0 Å². The van der Waals surface area contributed by atoms with E-state index in [0.29, 0.717) is 23.5 Å². The first kappa shape index (κ1) is 15.0. The van der Waals surface area contributed by atoms with Crippen LogP contribution >= 0.6 is 0 Å². The second kappa shape index (κ2) is 7.37. The Morgan fingerprint density at radius 2 is 1.88 bits per heavy atom. The Labute approximate surface area is 106 Å². The van der Waals surface area contributed by atoms with Crippen LogP contribution in [-0.4, -0.2) is 33.0 Å². The molecule has 102 valence electrons. The number of sulfone groups is 1. The average Bonchev–Trinajstić information content (AvgIpc) is 2.51. The molecule has 2 unspecified atom stereocenters. The molecule has 0 radical (unpaired) electrons. The monoisotopic (exact) mass is 261 g/mol. The third-order valence-corrected chi connectivity index (χ3v) is 5.68. The van der Waals surface area contributed by atoms with Gasteiger partial charge in [0.25, 0.3) is 0 Å². The third-order valence-electron chi connectivity index (χ3n) is 3.79. The van der Waals surface area contributed by atoms with Crippen molar-refractivity contribution in [1.82, 2.24) is 5.32 Å². The van der Waals surface area contributed by atoms with E-state index < -0.39 is 9.84 Å². The summed E-state index contributed by atoms with van der Waals surface area (Å²) in [6.45, 7) is 1.93. The third kappa shape index (κ3) is 5.87. The molecule has 1 fully saturated rings. The van der Waals surface area contributed by atoms with Gasteiger partial charge in [-0.15, -0.1) is 0 Å². The highest BCUT2D eigenvalue weighted by atomic mass is 32.2. The first-order valence-electron chi connectivity index (χ1n) is 6.95. The Morgan fingerprint density at radius 1 is 1.18 bits per heavy atom. The van der Waals surface area contributed by atoms with Gasteiger partial charge in [-0.3, -0.25) is 0 Å². The van der Waals surface area contributed by atoms with E-state index >= 15 is 0 Å². The first-order chi connectivity index (χ1) is 8.07. The van der Waals surface area contributed by atoms with E-state index in [2.05, 4.69) is 5.32 Å². The van der Waals surface area contributed by atoms with Crippen molar-refractivity contribution in [3.8, 4) is 0 Å². The molecule has 0 aromatic heterocycles. The number of nitrogens with one attached hydrogen (secondary N) is 1. The van der Waals surface area contributed by atoms with E-state index in [4.69, 9.17) is 0 Å². The Balaban J connectivity index is 2.39. The molecule has 1 aliphatic carbocycles. The Hall–Kier alpha value is -0.0900. The van der Waals surface area contributed by atoms with Crippen molar-refractivity contribution in [2.24, 2.45) is 5.92 Å². The fourth-order valence-electron chi connectivity index (χ4n) is 2.75. The van der Waals surface area contributed by atoms with Gasteiger partial charge in [-0.1, -0.05) is 26.2 Å². The molecule has 0 saturated heterocycles. The van der Waals surface area contributed by atoms with E-state index in [-0.39, 0.29) is 0 Å². The smallest absolute Gasteiger partial charge is 0.150 e. The highest BCUT2D eigenvalue weighted by molar-refractivity contribution is 7.91. The summed E-state index contributed by atoms with van der Waals surface area (Å²) in [5.74, 6) is 1.35. The summed E-state index contributed by atoms with van der Waals surface area (Å²) < 4.78 is 23.4. The van der Waals surface area contributed by atoms with Gasteiger partial charge in [0.05, 0.1) is 5.75 Å². The first-order valence-corrected chi connectivity index (χ1v) is 8.77. The summed E-state index contributed by atoms with van der Waals surface area (Å²) in [6.07, 6.45) is 7.75. The zero-order chi connectivity index (χ0) is 12.7. The minimum atomic E-state index is -2.79. The van der Waals surface area contributed by atoms with Gasteiger partial charge < -0.3 is 5.32 Å². The van der Waals surface area contributed by atoms with E-state index in [1.807, 2.05) is 14.0 Å². The lowest BCUT2D eigenvalue weighted by Crippen LogP contribution is -2.27. The second-order valence-electron chi connectivity index (χ2n) is 5.31. The normalized spacial score (nSPS) is 26.7. The molecule has 0 heterocycles. The van der Waals surface area contributed by atoms with E-state index in [9.17, 15) is 8.42 Å². The average molecular weight is 261 g/mol. The highest BCUT2D eigenvalue weighted by Gasteiger charge is 2.21. The van der Waals surface area contributed by atoms with Gasteiger partial charge >= 0.3 is 0 Å². The predicted octanol–water partition coefficient (Wildman–Crippen LogP) is 2.37. The summed E-state index contributed by atoms with van der Waals surface area (Å²) in [5.41, 5.74) is 0. The summed E-state index contributed by atoms with van der Waals surface area (Å²) in [5, 5.41) is 3.35. The summed E-state index contributed by atoms with van der Waals surface area (Å²) in [4.78, 5) is 0. The van der Waals surface area contributed by atoms with Crippen LogP contribution in [0.15, 0.2) is 0 Å². The molecule has 0 amide bonds. The van der Waals surface area contributed by atoms with E-state index in [1.165, 1.54) is 25.7 Å². The molecule has 0 aromatic carbocycles. The Kier molecular flexibility index (Phi) is 6.49. The second-order valence-corrected chi connectivity index (χ2v) is 7.62. The van der Waals surface area contributed by atoms with Gasteiger partial charge in [-0.05, 0) is 38.6 Å². The standard InChI is InChI=1S/C13H27NO2S/c1-3-9-17(15,16)10-8-12-6-4-5-7-13(11-12)14-2/h12-14H,3-11H2,1-2H3. The molecule has 0 aliphatic heterocycles. The molecule has 2 atom stereocenters. The summed E-state index contributed by atoms with van der Waals surface area (Å²) in [6, 6.07) is 0.594. The van der Waals surface area contributed by atoms with E-state index in [1.54, 1.807) is 0 Å². The topological polar surface area (TPSA) is 46.2 Å². The Bertz CT molecular complexity index is 301. The fourth-order valence-corrected chi connectivity index (χ4v) is 4.26. The van der Waals surface area contributed by atoms with Crippen LogP contribution in [0.1, 0.15) is 51.9 Å². The summed E-state index contributed by atoms with van der Waals surface area (Å²) >= 11 is 0. The van der Waals surface area contributed by atoms with Crippen molar-refractivity contribution in [2.75, 3.05) is 18.6 Å². The lowest BCUT2D eigenvalue weighted by molar-refractivity contribution is 0.393. The highest BCUT2D eigenvalue weighted by Crippen LogP contribution is 2.26. The van der Waals surface area contributed by atoms with Crippen LogP contribution in [0, 0.1) is 5.92 Å². The molecule has 17 heavy (non-hydrogen) atoms. The van der Waals surface area contributed by atoms with E-state index in [0.717, 1.165) is 19.3 Å². The molecule has 1 saturated carbocycles. The molecule has 3 nitrogen and oxygen atoms in total. The van der Waals surface area contributed by atoms with Gasteiger partial charge in [0, 0.05) is 11.8 Å². The van der Waals surface area contributed by atoms with Gasteiger partial charge in [0.2, 0.25) is 0 Å². The fraction of sp³-hybridized carbons (Fsp3) is 1.00. The van der Waals surface area contributed by atoms with Crippen molar-refractivity contribution in [2.45, 2.75) is 57.9 Å². The zero-order valence-corrected chi connectivity index (χ0v) is 12.1. The maximum atomic E-state index is 11.7. The van der Waals surface area contributed by atoms with Crippen LogP contribution < -0.4 is 5.32 Å². The largest absolute Gasteiger partial charge is 0.317 e. The van der Waals surface area contributed by atoms with Gasteiger partial charge in [0.15, 0.2) is 0 Å². The number of hydrogen-bond donors (Lipinski definition) is 1. The van der Waals surface area contributed by atoms with Crippen LogP contribution in [0.5, 0.6) is 0 Å². The Morgan fingerprint density at radius 3 is 2.53 bits per heavy atom. The molecule has 1 N–H and O–H groups in total. The molecule has 0 aromatic rings. The molecule has 0 bridgehead atoms. The molecule has 0 spiro atoms. The van der Waals surface area contributed by atoms with Crippen molar-refractivity contribution in [3.05, 3.63) is 0 Å². The molecule has 1 aliphatic rings. The van der Waals surface area contributed by atoms with Crippen LogP contribution in [0.25, 0.3) is 0 Å². The zero-order valence-electron chi connectivity index (χ0n) is 11.2. The van der Waals surface area contributed by atoms with Crippen molar-refractivity contribution in [1.29, 1.82) is 0 Å². The number of hydrogen-bond acceptors (Lipinski definition) is 3. The van der Waals surface area contributed by atoms with Gasteiger partial charge in [-0.25, -0.2) is 8.42 Å². The molecule has 4 heteroatoms. The SMILES string of the molecule is CCCS(=O)(=O)CCC1CCCCC(NC)C1. The lowest BCUT2D eigenvalue weighted by atomic mass is 9.95. The van der Waals surface area contributed by atoms with Crippen LogP contribution in [0.2, 0.25) is 0 Å². The van der Waals surface area contributed by atoms with Gasteiger partial charge in [0.1, 0.15) is 9.84 Å². The molecule has 1 rings (SSSR count). The summed E-state index contributed by atoms with van der Waals surface area (Å²) in [7, 11) is -0.773. The lowest BCUT2D eigenvalue weighted by Gasteiger charge is -2.19. The van der Waals surface area contributed by atoms with Crippen LogP contribution in [-0.2, 0) is 9.84 Å². The predicted molar refractivity (Wildman–Crippen MR) is 73.0 cm³/mol. The van der Waals surface area contributed by atoms with Crippen LogP contribution in [0.3, 0.4) is 0 Å². The quantitative estimate of drug-likeness (QED) is 0.747. The van der Waals surface area contributed by atoms with Crippen molar-refractivity contribution >= 4 is 9.84 Å². The minimum Gasteiger partial charge on any atom is -0.317 e. The van der Waals surface area contributed by atoms with Gasteiger partial charge in [-0.2, -0.15) is 0 Å². The number of rotatable bonds is 6. The minimum absolute atomic E-state index is 0.356. The van der Waals surface area contributed by atoms with Crippen molar-refractivity contribution < 1.29 is 8.42 Å². The maximum absolute atomic E-state index is 11.7.